The largest absolute Gasteiger partial charge is 0.476 e. The summed E-state index contributed by atoms with van der Waals surface area (Å²) in [6.07, 6.45) is 1.38. The van der Waals surface area contributed by atoms with E-state index in [0.717, 1.165) is 0 Å². The fraction of sp³-hybridized carbons (Fsp3) is 0.273. The van der Waals surface area contributed by atoms with Crippen LogP contribution < -0.4 is 10.1 Å². The van der Waals surface area contributed by atoms with Crippen molar-refractivity contribution in [3.05, 3.63) is 34.6 Å². The maximum Gasteiger partial charge on any atom is 0.270 e. The van der Waals surface area contributed by atoms with Gasteiger partial charge in [0, 0.05) is 18.7 Å². The Morgan fingerprint density at radius 3 is 3.00 bits per heavy atom. The molecule has 0 aliphatic heterocycles. The van der Waals surface area contributed by atoms with Crippen molar-refractivity contribution >= 4 is 16.6 Å². The zero-order chi connectivity index (χ0) is 13.0. The van der Waals surface area contributed by atoms with Crippen molar-refractivity contribution in [2.75, 3.05) is 20.2 Å². The number of rotatable bonds is 5. The number of nitrogens with one attached hydrogen (secondary N) is 1. The Balaban J connectivity index is 2.39. The average Bonchev–Trinajstić information content (AvgIpc) is 2.38. The standard InChI is InChI=1S/C11H12N4O3/c1-12-4-5-18-11-9-6-8(15(16)17)2-3-10(9)13-7-14-11/h2-3,6-7,12H,4-5H2,1H3. The number of fused-ring (bicyclic) bond motifs is 1. The van der Waals surface area contributed by atoms with Gasteiger partial charge < -0.3 is 10.1 Å². The Hall–Kier alpha value is -2.28. The molecule has 1 heterocycles. The summed E-state index contributed by atoms with van der Waals surface area (Å²) in [5.74, 6) is 0.360. The van der Waals surface area contributed by atoms with E-state index in [2.05, 4.69) is 15.3 Å². The second-order valence-electron chi connectivity index (χ2n) is 3.59. The van der Waals surface area contributed by atoms with Gasteiger partial charge in [-0.1, -0.05) is 0 Å². The first-order valence-electron chi connectivity index (χ1n) is 5.39. The predicted molar refractivity (Wildman–Crippen MR) is 65.6 cm³/mol. The Kier molecular flexibility index (Phi) is 3.63. The van der Waals surface area contributed by atoms with E-state index >= 15 is 0 Å². The minimum Gasteiger partial charge on any atom is -0.476 e. The first kappa shape index (κ1) is 12.2. The normalized spacial score (nSPS) is 10.5. The van der Waals surface area contributed by atoms with E-state index in [9.17, 15) is 10.1 Å². The molecule has 0 aliphatic rings. The summed E-state index contributed by atoms with van der Waals surface area (Å²) in [5.41, 5.74) is 0.617. The molecule has 1 N–H and O–H groups in total. The molecule has 0 fully saturated rings. The molecular formula is C11H12N4O3. The highest BCUT2D eigenvalue weighted by atomic mass is 16.6. The molecule has 0 atom stereocenters. The minimum atomic E-state index is -0.455. The van der Waals surface area contributed by atoms with Crippen molar-refractivity contribution in [1.29, 1.82) is 0 Å². The number of benzene rings is 1. The third kappa shape index (κ3) is 2.51. The third-order valence-corrected chi connectivity index (χ3v) is 2.38. The van der Waals surface area contributed by atoms with E-state index in [0.29, 0.717) is 29.9 Å². The molecule has 2 aromatic rings. The Labute approximate surface area is 103 Å². The summed E-state index contributed by atoms with van der Waals surface area (Å²) in [7, 11) is 1.81. The third-order valence-electron chi connectivity index (χ3n) is 2.38. The van der Waals surface area contributed by atoms with Crippen LogP contribution in [0.4, 0.5) is 5.69 Å². The Bertz CT molecular complexity index is 573. The second kappa shape index (κ2) is 5.37. The van der Waals surface area contributed by atoms with Crippen LogP contribution in [0.2, 0.25) is 0 Å². The Morgan fingerprint density at radius 2 is 2.28 bits per heavy atom. The number of hydrogen-bond donors (Lipinski definition) is 1. The van der Waals surface area contributed by atoms with Crippen LogP contribution in [-0.4, -0.2) is 35.1 Å². The van der Waals surface area contributed by atoms with Crippen LogP contribution in [0, 0.1) is 10.1 Å². The smallest absolute Gasteiger partial charge is 0.270 e. The molecule has 0 spiro atoms. The number of nitrogens with zero attached hydrogens (tertiary/aromatic N) is 3. The van der Waals surface area contributed by atoms with Gasteiger partial charge in [-0.05, 0) is 13.1 Å². The summed E-state index contributed by atoms with van der Waals surface area (Å²) < 4.78 is 5.46. The highest BCUT2D eigenvalue weighted by molar-refractivity contribution is 5.85. The molecule has 0 saturated carbocycles. The van der Waals surface area contributed by atoms with Crippen LogP contribution in [0.3, 0.4) is 0 Å². The van der Waals surface area contributed by atoms with Crippen molar-refractivity contribution in [3.63, 3.8) is 0 Å². The summed E-state index contributed by atoms with van der Waals surface area (Å²) in [4.78, 5) is 18.3. The van der Waals surface area contributed by atoms with Crippen molar-refractivity contribution in [2.45, 2.75) is 0 Å². The molecule has 1 aromatic heterocycles. The lowest BCUT2D eigenvalue weighted by molar-refractivity contribution is -0.384. The monoisotopic (exact) mass is 248 g/mol. The number of likely N-dealkylation sites (N-methyl/N-ethyl adjacent to an activating group) is 1. The zero-order valence-corrected chi connectivity index (χ0v) is 9.79. The van der Waals surface area contributed by atoms with Crippen LogP contribution in [0.5, 0.6) is 5.88 Å². The number of hydrogen-bond acceptors (Lipinski definition) is 6. The maximum absolute atomic E-state index is 10.7. The molecular weight excluding hydrogens is 236 g/mol. The topological polar surface area (TPSA) is 90.2 Å². The first-order valence-corrected chi connectivity index (χ1v) is 5.39. The molecule has 0 saturated heterocycles. The van der Waals surface area contributed by atoms with E-state index in [-0.39, 0.29) is 5.69 Å². The van der Waals surface area contributed by atoms with E-state index < -0.39 is 4.92 Å². The highest BCUT2D eigenvalue weighted by Gasteiger charge is 2.11. The average molecular weight is 248 g/mol. The van der Waals surface area contributed by atoms with Gasteiger partial charge in [0.05, 0.1) is 15.8 Å². The zero-order valence-electron chi connectivity index (χ0n) is 9.79. The van der Waals surface area contributed by atoms with E-state index in [1.165, 1.54) is 18.5 Å². The van der Waals surface area contributed by atoms with Crippen molar-refractivity contribution in [3.8, 4) is 5.88 Å². The van der Waals surface area contributed by atoms with Gasteiger partial charge >= 0.3 is 0 Å². The van der Waals surface area contributed by atoms with Crippen LogP contribution in [0.15, 0.2) is 24.5 Å². The number of aromatic nitrogens is 2. The summed E-state index contributed by atoms with van der Waals surface area (Å²) in [6, 6.07) is 4.41. The molecule has 94 valence electrons. The maximum atomic E-state index is 10.7. The minimum absolute atomic E-state index is 0.00392. The summed E-state index contributed by atoms with van der Waals surface area (Å²) in [5, 5.41) is 14.2. The van der Waals surface area contributed by atoms with Crippen molar-refractivity contribution in [1.82, 2.24) is 15.3 Å². The molecule has 0 bridgehead atoms. The first-order chi connectivity index (χ1) is 8.72. The summed E-state index contributed by atoms with van der Waals surface area (Å²) in [6.45, 7) is 1.10. The quantitative estimate of drug-likeness (QED) is 0.484. The van der Waals surface area contributed by atoms with Gasteiger partial charge in [-0.25, -0.2) is 9.97 Å². The van der Waals surface area contributed by atoms with Gasteiger partial charge in [-0.2, -0.15) is 0 Å². The van der Waals surface area contributed by atoms with Gasteiger partial charge in [0.15, 0.2) is 0 Å². The van der Waals surface area contributed by atoms with E-state index in [4.69, 9.17) is 4.74 Å². The van der Waals surface area contributed by atoms with Crippen LogP contribution in [-0.2, 0) is 0 Å². The molecule has 7 nitrogen and oxygen atoms in total. The molecule has 0 aliphatic carbocycles. The summed E-state index contributed by atoms with van der Waals surface area (Å²) >= 11 is 0. The lowest BCUT2D eigenvalue weighted by atomic mass is 10.2. The molecule has 0 unspecified atom stereocenters. The van der Waals surface area contributed by atoms with E-state index in [1.54, 1.807) is 6.07 Å². The molecule has 18 heavy (non-hydrogen) atoms. The fourth-order valence-electron chi connectivity index (χ4n) is 1.50. The molecule has 0 amide bonds. The van der Waals surface area contributed by atoms with Crippen molar-refractivity contribution in [2.24, 2.45) is 0 Å². The number of non-ortho nitro benzene ring substituents is 1. The van der Waals surface area contributed by atoms with Crippen LogP contribution >= 0.6 is 0 Å². The van der Waals surface area contributed by atoms with Crippen LogP contribution in [0.1, 0.15) is 0 Å². The van der Waals surface area contributed by atoms with Gasteiger partial charge in [0.1, 0.15) is 12.9 Å². The van der Waals surface area contributed by atoms with Crippen LogP contribution in [0.25, 0.3) is 10.9 Å². The number of nitro groups is 1. The second-order valence-corrected chi connectivity index (χ2v) is 3.59. The van der Waals surface area contributed by atoms with Gasteiger partial charge in [0.25, 0.3) is 5.69 Å². The lowest BCUT2D eigenvalue weighted by Crippen LogP contribution is -2.16. The van der Waals surface area contributed by atoms with E-state index in [1.807, 2.05) is 7.05 Å². The molecule has 1 aromatic carbocycles. The number of ether oxygens (including phenoxy) is 1. The lowest BCUT2D eigenvalue weighted by Gasteiger charge is -2.06. The highest BCUT2D eigenvalue weighted by Crippen LogP contribution is 2.25. The van der Waals surface area contributed by atoms with Gasteiger partial charge in [-0.15, -0.1) is 0 Å². The van der Waals surface area contributed by atoms with Gasteiger partial charge in [-0.3, -0.25) is 10.1 Å². The fourth-order valence-corrected chi connectivity index (χ4v) is 1.50. The predicted octanol–water partition coefficient (Wildman–Crippen LogP) is 1.14. The van der Waals surface area contributed by atoms with Gasteiger partial charge in [0.2, 0.25) is 5.88 Å². The number of nitro benzene ring substituents is 1. The SMILES string of the molecule is CNCCOc1ncnc2ccc([N+](=O)[O-])cc12. The Morgan fingerprint density at radius 1 is 1.44 bits per heavy atom. The molecule has 2 rings (SSSR count). The molecule has 7 heteroatoms. The molecule has 0 radical (unpaired) electrons. The van der Waals surface area contributed by atoms with Crippen molar-refractivity contribution < 1.29 is 9.66 Å².